The Kier molecular flexibility index (Phi) is 6.28. The van der Waals surface area contributed by atoms with Crippen LogP contribution in [-0.2, 0) is 4.79 Å². The molecule has 28 heavy (non-hydrogen) atoms. The fourth-order valence-electron chi connectivity index (χ4n) is 4.35. The van der Waals surface area contributed by atoms with Crippen LogP contribution in [0.25, 0.3) is 0 Å². The molecule has 2 aliphatic rings. The molecular weight excluding hydrogens is 364 g/mol. The van der Waals surface area contributed by atoms with Gasteiger partial charge in [0, 0.05) is 11.6 Å². The minimum atomic E-state index is -1.02. The molecule has 2 amide bonds. The second-order valence-electron chi connectivity index (χ2n) is 7.41. The first-order valence-corrected chi connectivity index (χ1v) is 9.52. The summed E-state index contributed by atoms with van der Waals surface area (Å²) in [5.74, 6) is 1.37. The summed E-state index contributed by atoms with van der Waals surface area (Å²) in [5.41, 5.74) is 0.237. The highest BCUT2D eigenvalue weighted by Crippen LogP contribution is 2.44. The second kappa shape index (κ2) is 8.68. The van der Waals surface area contributed by atoms with Crippen LogP contribution >= 0.6 is 0 Å². The van der Waals surface area contributed by atoms with Crippen molar-refractivity contribution in [3.05, 3.63) is 17.7 Å². The number of rotatable bonds is 8. The van der Waals surface area contributed by atoms with E-state index in [1.54, 1.807) is 0 Å². The summed E-state index contributed by atoms with van der Waals surface area (Å²) in [6, 6.07) is 2.11. The van der Waals surface area contributed by atoms with E-state index in [0.717, 1.165) is 19.3 Å². The molecule has 0 radical (unpaired) electrons. The van der Waals surface area contributed by atoms with E-state index in [2.05, 4.69) is 10.6 Å². The van der Waals surface area contributed by atoms with E-state index in [-0.39, 0.29) is 17.5 Å². The largest absolute Gasteiger partial charge is 0.493 e. The number of fused-ring (bicyclic) bond motifs is 2. The number of aliphatic hydroxyl groups excluding tert-OH is 1. The van der Waals surface area contributed by atoms with E-state index in [4.69, 9.17) is 14.2 Å². The molecule has 1 aromatic carbocycles. The van der Waals surface area contributed by atoms with Crippen LogP contribution in [0.5, 0.6) is 17.2 Å². The van der Waals surface area contributed by atoms with Crippen molar-refractivity contribution in [2.24, 2.45) is 11.8 Å². The minimum Gasteiger partial charge on any atom is -0.493 e. The lowest BCUT2D eigenvalue weighted by Gasteiger charge is -2.25. The van der Waals surface area contributed by atoms with Gasteiger partial charge in [0.05, 0.1) is 27.9 Å². The predicted octanol–water partition coefficient (Wildman–Crippen LogP) is 1.11. The summed E-state index contributed by atoms with van der Waals surface area (Å²) >= 11 is 0. The third-order valence-corrected chi connectivity index (χ3v) is 5.80. The average molecular weight is 392 g/mol. The average Bonchev–Trinajstić information content (AvgIpc) is 3.33. The van der Waals surface area contributed by atoms with Crippen molar-refractivity contribution in [2.75, 3.05) is 27.9 Å². The molecule has 3 unspecified atom stereocenters. The smallest absolute Gasteiger partial charge is 0.252 e. The van der Waals surface area contributed by atoms with Crippen molar-refractivity contribution < 1.29 is 28.9 Å². The van der Waals surface area contributed by atoms with Gasteiger partial charge in [0.2, 0.25) is 11.7 Å². The number of amides is 2. The van der Waals surface area contributed by atoms with Crippen LogP contribution < -0.4 is 24.8 Å². The van der Waals surface area contributed by atoms with Gasteiger partial charge < -0.3 is 30.0 Å². The molecule has 2 aliphatic carbocycles. The summed E-state index contributed by atoms with van der Waals surface area (Å²) in [7, 11) is 4.39. The summed E-state index contributed by atoms with van der Waals surface area (Å²) in [4.78, 5) is 25.2. The highest BCUT2D eigenvalue weighted by Gasteiger charge is 2.40. The Morgan fingerprint density at radius 3 is 2.25 bits per heavy atom. The Balaban J connectivity index is 1.68. The van der Waals surface area contributed by atoms with Crippen LogP contribution in [0.15, 0.2) is 12.1 Å². The topological polar surface area (TPSA) is 106 Å². The van der Waals surface area contributed by atoms with Crippen LogP contribution in [0.2, 0.25) is 0 Å². The van der Waals surface area contributed by atoms with Gasteiger partial charge >= 0.3 is 0 Å². The fourth-order valence-corrected chi connectivity index (χ4v) is 4.35. The first-order chi connectivity index (χ1) is 13.5. The molecule has 4 atom stereocenters. The molecule has 0 spiro atoms. The normalized spacial score (nSPS) is 23.8. The summed E-state index contributed by atoms with van der Waals surface area (Å²) in [6.07, 6.45) is 4.51. The monoisotopic (exact) mass is 392 g/mol. The number of carbonyl (C=O) groups excluding carboxylic acids is 2. The van der Waals surface area contributed by atoms with Gasteiger partial charge in [0.1, 0.15) is 6.04 Å². The molecule has 154 valence electrons. The third kappa shape index (κ3) is 4.01. The number of hydrogen-bond donors (Lipinski definition) is 3. The molecule has 2 saturated carbocycles. The lowest BCUT2D eigenvalue weighted by atomic mass is 9.95. The molecule has 8 nitrogen and oxygen atoms in total. The fraction of sp³-hybridized carbons (Fsp3) is 0.600. The van der Waals surface area contributed by atoms with Crippen molar-refractivity contribution in [1.29, 1.82) is 0 Å². The van der Waals surface area contributed by atoms with Crippen LogP contribution in [-0.4, -0.2) is 56.9 Å². The summed E-state index contributed by atoms with van der Waals surface area (Å²) in [5, 5.41) is 15.2. The quantitative estimate of drug-likeness (QED) is 0.612. The van der Waals surface area contributed by atoms with Gasteiger partial charge in [-0.15, -0.1) is 0 Å². The Morgan fingerprint density at radius 1 is 1.11 bits per heavy atom. The number of benzene rings is 1. The number of aliphatic hydroxyl groups is 1. The highest BCUT2D eigenvalue weighted by atomic mass is 16.5. The van der Waals surface area contributed by atoms with Crippen molar-refractivity contribution >= 4 is 11.8 Å². The van der Waals surface area contributed by atoms with Gasteiger partial charge in [-0.1, -0.05) is 6.42 Å². The number of carbonyl (C=O) groups is 2. The number of hydrogen-bond acceptors (Lipinski definition) is 6. The van der Waals surface area contributed by atoms with E-state index < -0.39 is 18.6 Å². The zero-order valence-corrected chi connectivity index (χ0v) is 16.5. The highest BCUT2D eigenvalue weighted by molar-refractivity contribution is 5.98. The first kappa shape index (κ1) is 20.3. The second-order valence-corrected chi connectivity index (χ2v) is 7.41. The first-order valence-electron chi connectivity index (χ1n) is 9.52. The van der Waals surface area contributed by atoms with Gasteiger partial charge in [0.25, 0.3) is 5.91 Å². The van der Waals surface area contributed by atoms with Crippen molar-refractivity contribution in [3.63, 3.8) is 0 Å². The molecule has 0 aromatic heterocycles. The summed E-state index contributed by atoms with van der Waals surface area (Å²) in [6.45, 7) is -0.483. The Labute approximate surface area is 164 Å². The number of methoxy groups -OCH3 is 3. The van der Waals surface area contributed by atoms with Crippen LogP contribution in [0, 0.1) is 11.8 Å². The van der Waals surface area contributed by atoms with E-state index in [0.29, 0.717) is 29.1 Å². The van der Waals surface area contributed by atoms with Crippen molar-refractivity contribution in [3.8, 4) is 17.2 Å². The molecule has 8 heteroatoms. The molecule has 2 fully saturated rings. The van der Waals surface area contributed by atoms with Crippen LogP contribution in [0.3, 0.4) is 0 Å². The molecule has 2 bridgehead atoms. The van der Waals surface area contributed by atoms with Gasteiger partial charge in [-0.05, 0) is 43.2 Å². The van der Waals surface area contributed by atoms with Gasteiger partial charge in [-0.2, -0.15) is 0 Å². The molecule has 1 aromatic rings. The van der Waals surface area contributed by atoms with Gasteiger partial charge in [-0.25, -0.2) is 0 Å². The predicted molar refractivity (Wildman–Crippen MR) is 102 cm³/mol. The maximum Gasteiger partial charge on any atom is 0.252 e. The zero-order chi connectivity index (χ0) is 20.3. The molecule has 0 heterocycles. The SMILES string of the molecule is COc1cc(C(=O)N[C@@H](CO)C(=O)NC2CC3CCC2C3)cc(OC)c1OC. The summed E-state index contributed by atoms with van der Waals surface area (Å²) < 4.78 is 15.7. The number of ether oxygens (including phenoxy) is 3. The Hall–Kier alpha value is -2.48. The molecule has 3 N–H and O–H groups in total. The molecule has 0 aliphatic heterocycles. The van der Waals surface area contributed by atoms with E-state index in [1.807, 2.05) is 0 Å². The van der Waals surface area contributed by atoms with Gasteiger partial charge in [-0.3, -0.25) is 9.59 Å². The third-order valence-electron chi connectivity index (χ3n) is 5.80. The van der Waals surface area contributed by atoms with Crippen molar-refractivity contribution in [1.82, 2.24) is 10.6 Å². The lowest BCUT2D eigenvalue weighted by Crippen LogP contribution is -2.52. The number of nitrogens with one attached hydrogen (secondary N) is 2. The van der Waals surface area contributed by atoms with Gasteiger partial charge in [0.15, 0.2) is 11.5 Å². The maximum atomic E-state index is 12.7. The van der Waals surface area contributed by atoms with E-state index in [1.165, 1.54) is 39.9 Å². The zero-order valence-electron chi connectivity index (χ0n) is 16.5. The maximum absolute atomic E-state index is 12.7. The molecule has 3 rings (SSSR count). The molecule has 0 saturated heterocycles. The van der Waals surface area contributed by atoms with E-state index in [9.17, 15) is 14.7 Å². The van der Waals surface area contributed by atoms with Crippen LogP contribution in [0.4, 0.5) is 0 Å². The lowest BCUT2D eigenvalue weighted by molar-refractivity contribution is -0.124. The van der Waals surface area contributed by atoms with Crippen LogP contribution in [0.1, 0.15) is 36.0 Å². The standard InChI is InChI=1S/C20H28N2O6/c1-26-16-8-13(9-17(27-2)18(16)28-3)19(24)22-15(10-23)20(25)21-14-7-11-4-5-12(14)6-11/h8-9,11-12,14-15,23H,4-7,10H2,1-3H3,(H,21,25)(H,22,24)/t11?,12?,14?,15-/m0/s1. The Morgan fingerprint density at radius 2 is 1.79 bits per heavy atom. The minimum absolute atomic E-state index is 0.137. The molecular formula is C20H28N2O6. The van der Waals surface area contributed by atoms with Crippen molar-refractivity contribution in [2.45, 2.75) is 37.8 Å². The van der Waals surface area contributed by atoms with E-state index >= 15 is 0 Å². The Bertz CT molecular complexity index is 712.